The van der Waals surface area contributed by atoms with Gasteiger partial charge >= 0.3 is 0 Å². The summed E-state index contributed by atoms with van der Waals surface area (Å²) in [5.74, 6) is 0.721. The molecular formula is C15H21NO3S. The molecule has 0 aromatic carbocycles. The van der Waals surface area contributed by atoms with Gasteiger partial charge in [-0.1, -0.05) is 0 Å². The lowest BCUT2D eigenvalue weighted by atomic mass is 9.92. The average Bonchev–Trinajstić information content (AvgIpc) is 3.18. The Labute approximate surface area is 123 Å². The quantitative estimate of drug-likeness (QED) is 0.856. The molecule has 20 heavy (non-hydrogen) atoms. The molecule has 0 aliphatic carbocycles. The molecule has 0 saturated carbocycles. The van der Waals surface area contributed by atoms with E-state index in [1.165, 1.54) is 0 Å². The van der Waals surface area contributed by atoms with Crippen LogP contribution in [0, 0.1) is 5.92 Å². The molecule has 1 aromatic rings. The largest absolute Gasteiger partial charge is 0.385 e. The number of ether oxygens (including phenoxy) is 2. The molecule has 0 unspecified atom stereocenters. The van der Waals surface area contributed by atoms with Crippen LogP contribution in [0.3, 0.4) is 0 Å². The van der Waals surface area contributed by atoms with Crippen molar-refractivity contribution in [3.63, 3.8) is 0 Å². The number of rotatable bonds is 4. The van der Waals surface area contributed by atoms with E-state index in [0.29, 0.717) is 5.92 Å². The fourth-order valence-electron chi connectivity index (χ4n) is 3.28. The topological polar surface area (TPSA) is 38.8 Å². The number of carbonyl (C=O) groups is 1. The minimum Gasteiger partial charge on any atom is -0.385 e. The van der Waals surface area contributed by atoms with Crippen LogP contribution in [0.15, 0.2) is 16.8 Å². The van der Waals surface area contributed by atoms with Crippen LogP contribution in [-0.2, 0) is 9.47 Å². The summed E-state index contributed by atoms with van der Waals surface area (Å²) in [6.07, 6.45) is 3.08. The van der Waals surface area contributed by atoms with E-state index in [0.717, 1.165) is 51.1 Å². The van der Waals surface area contributed by atoms with Crippen molar-refractivity contribution in [2.24, 2.45) is 5.92 Å². The first-order valence-electron chi connectivity index (χ1n) is 7.17. The lowest BCUT2D eigenvalue weighted by Crippen LogP contribution is -2.35. The molecule has 0 N–H and O–H groups in total. The summed E-state index contributed by atoms with van der Waals surface area (Å²) in [5.41, 5.74) is 0.713. The van der Waals surface area contributed by atoms with Crippen molar-refractivity contribution in [3.05, 3.63) is 22.4 Å². The van der Waals surface area contributed by atoms with Gasteiger partial charge in [-0.2, -0.15) is 11.3 Å². The molecule has 0 radical (unpaired) electrons. The van der Waals surface area contributed by atoms with Crippen LogP contribution in [0.25, 0.3) is 0 Å². The van der Waals surface area contributed by atoms with E-state index < -0.39 is 0 Å². The van der Waals surface area contributed by atoms with Gasteiger partial charge in [0.15, 0.2) is 0 Å². The summed E-state index contributed by atoms with van der Waals surface area (Å²) in [6, 6.07) is 1.90. The van der Waals surface area contributed by atoms with Gasteiger partial charge in [0.2, 0.25) is 0 Å². The third kappa shape index (κ3) is 2.75. The van der Waals surface area contributed by atoms with E-state index in [9.17, 15) is 4.79 Å². The molecule has 110 valence electrons. The Morgan fingerprint density at radius 2 is 2.55 bits per heavy atom. The lowest BCUT2D eigenvalue weighted by Gasteiger charge is -2.23. The zero-order valence-corrected chi connectivity index (χ0v) is 12.7. The number of nitrogens with zero attached hydrogens (tertiary/aromatic N) is 1. The zero-order chi connectivity index (χ0) is 14.0. The van der Waals surface area contributed by atoms with Crippen molar-refractivity contribution in [2.45, 2.75) is 24.9 Å². The van der Waals surface area contributed by atoms with Gasteiger partial charge in [0.05, 0.1) is 24.3 Å². The van der Waals surface area contributed by atoms with E-state index >= 15 is 0 Å². The summed E-state index contributed by atoms with van der Waals surface area (Å²) in [7, 11) is 1.74. The summed E-state index contributed by atoms with van der Waals surface area (Å²) in [6.45, 7) is 3.16. The maximum atomic E-state index is 12.4. The van der Waals surface area contributed by atoms with E-state index in [1.807, 2.05) is 21.7 Å². The fourth-order valence-corrected chi connectivity index (χ4v) is 3.91. The van der Waals surface area contributed by atoms with E-state index in [4.69, 9.17) is 9.47 Å². The minimum atomic E-state index is -0.0932. The van der Waals surface area contributed by atoms with Gasteiger partial charge in [0, 0.05) is 25.6 Å². The molecule has 2 aliphatic rings. The molecule has 2 atom stereocenters. The Morgan fingerprint density at radius 1 is 1.65 bits per heavy atom. The van der Waals surface area contributed by atoms with Crippen molar-refractivity contribution in [2.75, 3.05) is 33.4 Å². The third-order valence-electron chi connectivity index (χ3n) is 4.39. The van der Waals surface area contributed by atoms with Crippen LogP contribution >= 0.6 is 11.3 Å². The summed E-state index contributed by atoms with van der Waals surface area (Å²) in [5, 5.41) is 3.87. The number of likely N-dealkylation sites (tertiary alicyclic amines) is 1. The molecule has 4 nitrogen and oxygen atoms in total. The maximum Gasteiger partial charge on any atom is 0.254 e. The van der Waals surface area contributed by atoms with Gasteiger partial charge in [-0.25, -0.2) is 0 Å². The smallest absolute Gasteiger partial charge is 0.254 e. The molecule has 2 saturated heterocycles. The van der Waals surface area contributed by atoms with Gasteiger partial charge in [0.1, 0.15) is 0 Å². The van der Waals surface area contributed by atoms with Crippen molar-refractivity contribution in [1.82, 2.24) is 4.90 Å². The summed E-state index contributed by atoms with van der Waals surface area (Å²) >= 11 is 1.57. The highest BCUT2D eigenvalue weighted by atomic mass is 32.1. The van der Waals surface area contributed by atoms with Crippen LogP contribution in [0.1, 0.15) is 29.6 Å². The Morgan fingerprint density at radius 3 is 3.30 bits per heavy atom. The monoisotopic (exact) mass is 295 g/mol. The fraction of sp³-hybridized carbons (Fsp3) is 0.667. The minimum absolute atomic E-state index is 0.0932. The second kappa shape index (κ2) is 5.84. The molecule has 2 fully saturated rings. The highest BCUT2D eigenvalue weighted by Crippen LogP contribution is 2.39. The predicted molar refractivity (Wildman–Crippen MR) is 78.1 cm³/mol. The van der Waals surface area contributed by atoms with E-state index in [2.05, 4.69) is 0 Å². The van der Waals surface area contributed by atoms with E-state index in [1.54, 1.807) is 18.4 Å². The van der Waals surface area contributed by atoms with Crippen molar-refractivity contribution < 1.29 is 14.3 Å². The van der Waals surface area contributed by atoms with Gasteiger partial charge < -0.3 is 14.4 Å². The molecule has 2 aliphatic heterocycles. The molecule has 5 heteroatoms. The van der Waals surface area contributed by atoms with Crippen molar-refractivity contribution in [1.29, 1.82) is 0 Å². The molecule has 0 bridgehead atoms. The van der Waals surface area contributed by atoms with Crippen molar-refractivity contribution in [3.8, 4) is 0 Å². The number of hydrogen-bond acceptors (Lipinski definition) is 4. The highest BCUT2D eigenvalue weighted by Gasteiger charge is 2.46. The normalized spacial score (nSPS) is 29.4. The molecule has 3 heterocycles. The Balaban J connectivity index is 1.58. The van der Waals surface area contributed by atoms with Crippen LogP contribution in [0.4, 0.5) is 0 Å². The first-order chi connectivity index (χ1) is 9.72. The highest BCUT2D eigenvalue weighted by molar-refractivity contribution is 7.08. The first-order valence-corrected chi connectivity index (χ1v) is 8.11. The van der Waals surface area contributed by atoms with Gasteiger partial charge in [-0.3, -0.25) is 4.79 Å². The third-order valence-corrected chi connectivity index (χ3v) is 5.07. The number of carbonyl (C=O) groups excluding carboxylic acids is 1. The number of hydrogen-bond donors (Lipinski definition) is 0. The van der Waals surface area contributed by atoms with Crippen molar-refractivity contribution >= 4 is 17.2 Å². The number of thiophene rings is 1. The molecule has 3 rings (SSSR count). The second-order valence-corrected chi connectivity index (χ2v) is 6.61. The van der Waals surface area contributed by atoms with Gasteiger partial charge in [-0.05, 0) is 36.6 Å². The van der Waals surface area contributed by atoms with Gasteiger partial charge in [-0.15, -0.1) is 0 Å². The molecule has 1 amide bonds. The maximum absolute atomic E-state index is 12.4. The first kappa shape index (κ1) is 14.0. The molecule has 1 aromatic heterocycles. The zero-order valence-electron chi connectivity index (χ0n) is 11.8. The van der Waals surface area contributed by atoms with Gasteiger partial charge in [0.25, 0.3) is 5.91 Å². The Kier molecular flexibility index (Phi) is 4.10. The predicted octanol–water partition coefficient (Wildman–Crippen LogP) is 2.41. The van der Waals surface area contributed by atoms with Crippen LogP contribution in [0.2, 0.25) is 0 Å². The molecule has 1 spiro atoms. The second-order valence-electron chi connectivity index (χ2n) is 5.83. The summed E-state index contributed by atoms with van der Waals surface area (Å²) in [4.78, 5) is 14.3. The average molecular weight is 295 g/mol. The summed E-state index contributed by atoms with van der Waals surface area (Å²) < 4.78 is 11.2. The Bertz CT molecular complexity index is 462. The standard InChI is InChI=1S/C15H21NO3S/c1-18-6-2-12-8-15(19-9-12)4-5-16(11-15)14(17)13-3-7-20-10-13/h3,7,10,12H,2,4-6,8-9,11H2,1H3/t12-,15+/m1/s1. The lowest BCUT2D eigenvalue weighted by molar-refractivity contribution is 0.0113. The van der Waals surface area contributed by atoms with Crippen LogP contribution < -0.4 is 0 Å². The van der Waals surface area contributed by atoms with Crippen LogP contribution in [0.5, 0.6) is 0 Å². The van der Waals surface area contributed by atoms with E-state index in [-0.39, 0.29) is 11.5 Å². The number of methoxy groups -OCH3 is 1. The van der Waals surface area contributed by atoms with Crippen LogP contribution in [-0.4, -0.2) is 49.8 Å². The Hall–Kier alpha value is -0.910. The SMILES string of the molecule is COCC[C@H]1CO[C@@]2(CCN(C(=O)c3ccsc3)C2)C1. The number of amides is 1. The molecular weight excluding hydrogens is 274 g/mol.